The molecular weight excluding hydrogens is 381 g/mol. The van der Waals surface area contributed by atoms with Gasteiger partial charge in [0.1, 0.15) is 17.7 Å². The second-order valence-corrected chi connectivity index (χ2v) is 7.73. The lowest BCUT2D eigenvalue weighted by molar-refractivity contribution is 0.254. The van der Waals surface area contributed by atoms with E-state index in [2.05, 4.69) is 25.8 Å². The van der Waals surface area contributed by atoms with Gasteiger partial charge in [-0.15, -0.1) is 0 Å². The third kappa shape index (κ3) is 4.19. The van der Waals surface area contributed by atoms with Crippen molar-refractivity contribution in [1.82, 2.24) is 14.9 Å². The van der Waals surface area contributed by atoms with Crippen LogP contribution in [0, 0.1) is 24.1 Å². The van der Waals surface area contributed by atoms with Crippen molar-refractivity contribution in [3.8, 4) is 6.07 Å². The van der Waals surface area contributed by atoms with Crippen molar-refractivity contribution in [2.75, 3.05) is 37.6 Å². The normalized spacial score (nSPS) is 14.8. The van der Waals surface area contributed by atoms with Gasteiger partial charge in [-0.25, -0.2) is 9.37 Å². The number of aromatic nitrogens is 2. The lowest BCUT2D eigenvalue weighted by Gasteiger charge is -2.35. The Morgan fingerprint density at radius 1 is 1.20 bits per heavy atom. The summed E-state index contributed by atoms with van der Waals surface area (Å²) in [4.78, 5) is 24.2. The molecule has 4 rings (SSSR count). The second-order valence-electron chi connectivity index (χ2n) is 7.73. The van der Waals surface area contributed by atoms with Gasteiger partial charge >= 0.3 is 0 Å². The Bertz CT molecular complexity index is 1140. The molecule has 0 spiro atoms. The van der Waals surface area contributed by atoms with Gasteiger partial charge in [0.2, 0.25) is 0 Å². The molecule has 0 bridgehead atoms. The summed E-state index contributed by atoms with van der Waals surface area (Å²) in [5.74, 6) is 0.433. The number of H-pyrrole nitrogens is 1. The number of aryl methyl sites for hydroxylation is 2. The van der Waals surface area contributed by atoms with Crippen LogP contribution in [0.2, 0.25) is 0 Å². The lowest BCUT2D eigenvalue weighted by atomic mass is 10.0. The number of nitriles is 1. The fourth-order valence-corrected chi connectivity index (χ4v) is 4.00. The molecule has 0 aliphatic carbocycles. The molecule has 1 saturated heterocycles. The lowest BCUT2D eigenvalue weighted by Crippen LogP contribution is -2.47. The zero-order valence-corrected chi connectivity index (χ0v) is 17.0. The first-order valence-corrected chi connectivity index (χ1v) is 10.2. The first kappa shape index (κ1) is 20.0. The van der Waals surface area contributed by atoms with E-state index in [-0.39, 0.29) is 10.9 Å². The Hall–Kier alpha value is -3.24. The molecule has 1 fully saturated rings. The number of rotatable bonds is 5. The van der Waals surface area contributed by atoms with Gasteiger partial charge < -0.3 is 9.88 Å². The zero-order chi connectivity index (χ0) is 21.1. The zero-order valence-electron chi connectivity index (χ0n) is 17.0. The van der Waals surface area contributed by atoms with Crippen molar-refractivity contribution in [2.45, 2.75) is 19.8 Å². The number of piperazine rings is 1. The van der Waals surface area contributed by atoms with Gasteiger partial charge in [0.05, 0.1) is 10.9 Å². The molecule has 7 heteroatoms. The van der Waals surface area contributed by atoms with Crippen LogP contribution in [0.15, 0.2) is 41.3 Å². The molecule has 6 nitrogen and oxygen atoms in total. The van der Waals surface area contributed by atoms with Gasteiger partial charge in [0, 0.05) is 38.1 Å². The molecule has 0 amide bonds. The molecule has 1 aliphatic heterocycles. The van der Waals surface area contributed by atoms with Crippen molar-refractivity contribution in [1.29, 1.82) is 5.26 Å². The predicted octanol–water partition coefficient (Wildman–Crippen LogP) is 3.00. The van der Waals surface area contributed by atoms with Crippen molar-refractivity contribution < 1.29 is 4.39 Å². The molecule has 3 aromatic rings. The fourth-order valence-electron chi connectivity index (χ4n) is 4.00. The minimum atomic E-state index is -0.474. The van der Waals surface area contributed by atoms with E-state index in [1.165, 1.54) is 6.07 Å². The number of hydrogen-bond acceptors (Lipinski definition) is 5. The van der Waals surface area contributed by atoms with Crippen LogP contribution in [0.25, 0.3) is 10.8 Å². The third-order valence-electron chi connectivity index (χ3n) is 5.73. The van der Waals surface area contributed by atoms with Crippen LogP contribution in [0.5, 0.6) is 0 Å². The molecule has 0 atom stereocenters. The molecule has 1 aliphatic rings. The minimum Gasteiger partial charge on any atom is -0.354 e. The van der Waals surface area contributed by atoms with Crippen LogP contribution in [-0.2, 0) is 6.42 Å². The van der Waals surface area contributed by atoms with Gasteiger partial charge in [0.25, 0.3) is 5.56 Å². The summed E-state index contributed by atoms with van der Waals surface area (Å²) in [6, 6.07) is 10.8. The standard InChI is InChI=1S/C23H24FN5O/c1-16-4-6-20(24)22-19(16)13-18(27-23(22)30)3-2-8-28-9-11-29(12-10-28)21-7-5-17(14-25)15-26-21/h4-7,13,15H,2-3,8-12H2,1H3,(H,27,30). The van der Waals surface area contributed by atoms with E-state index in [4.69, 9.17) is 5.26 Å². The summed E-state index contributed by atoms with van der Waals surface area (Å²) >= 11 is 0. The summed E-state index contributed by atoms with van der Waals surface area (Å²) in [5.41, 5.74) is 1.97. The van der Waals surface area contributed by atoms with Crippen LogP contribution in [-0.4, -0.2) is 47.6 Å². The molecule has 154 valence electrons. The highest BCUT2D eigenvalue weighted by molar-refractivity contribution is 5.85. The van der Waals surface area contributed by atoms with E-state index >= 15 is 0 Å². The summed E-state index contributed by atoms with van der Waals surface area (Å²) < 4.78 is 14.0. The van der Waals surface area contributed by atoms with Gasteiger partial charge in [0.15, 0.2) is 0 Å². The molecule has 1 aromatic carbocycles. The molecule has 2 aromatic heterocycles. The second kappa shape index (κ2) is 8.64. The minimum absolute atomic E-state index is 0.145. The van der Waals surface area contributed by atoms with Crippen molar-refractivity contribution in [2.24, 2.45) is 0 Å². The molecule has 3 heterocycles. The van der Waals surface area contributed by atoms with Gasteiger partial charge in [-0.3, -0.25) is 9.69 Å². The summed E-state index contributed by atoms with van der Waals surface area (Å²) in [6.07, 6.45) is 3.28. The molecule has 0 radical (unpaired) electrons. The van der Waals surface area contributed by atoms with Gasteiger partial charge in [-0.2, -0.15) is 5.26 Å². The summed E-state index contributed by atoms with van der Waals surface area (Å²) in [7, 11) is 0. The van der Waals surface area contributed by atoms with Gasteiger partial charge in [-0.1, -0.05) is 6.07 Å². The van der Waals surface area contributed by atoms with Crippen LogP contribution in [0.1, 0.15) is 23.2 Å². The van der Waals surface area contributed by atoms with Gasteiger partial charge in [-0.05, 0) is 61.5 Å². The number of benzene rings is 1. The topological polar surface area (TPSA) is 76.0 Å². The number of nitrogens with one attached hydrogen (secondary N) is 1. The van der Waals surface area contributed by atoms with E-state index < -0.39 is 5.82 Å². The number of hydrogen-bond donors (Lipinski definition) is 1. The first-order chi connectivity index (χ1) is 14.5. The Morgan fingerprint density at radius 2 is 2.00 bits per heavy atom. The predicted molar refractivity (Wildman–Crippen MR) is 115 cm³/mol. The molecule has 30 heavy (non-hydrogen) atoms. The largest absolute Gasteiger partial charge is 0.354 e. The number of anilines is 1. The van der Waals surface area contributed by atoms with E-state index in [1.54, 1.807) is 18.3 Å². The highest BCUT2D eigenvalue weighted by Gasteiger charge is 2.18. The highest BCUT2D eigenvalue weighted by Crippen LogP contribution is 2.19. The van der Waals surface area contributed by atoms with Crippen molar-refractivity contribution in [3.63, 3.8) is 0 Å². The molecule has 0 saturated carbocycles. The molecule has 0 unspecified atom stereocenters. The van der Waals surface area contributed by atoms with Crippen LogP contribution >= 0.6 is 0 Å². The van der Waals surface area contributed by atoms with E-state index in [0.29, 0.717) is 10.9 Å². The van der Waals surface area contributed by atoms with Crippen LogP contribution in [0.3, 0.4) is 0 Å². The number of halogens is 1. The van der Waals surface area contributed by atoms with Crippen LogP contribution in [0.4, 0.5) is 10.2 Å². The maximum absolute atomic E-state index is 14.0. The monoisotopic (exact) mass is 405 g/mol. The van der Waals surface area contributed by atoms with E-state index in [1.807, 2.05) is 19.1 Å². The Kier molecular flexibility index (Phi) is 5.77. The number of pyridine rings is 2. The average Bonchev–Trinajstić information content (AvgIpc) is 2.77. The maximum Gasteiger partial charge on any atom is 0.259 e. The average molecular weight is 405 g/mol. The quantitative estimate of drug-likeness (QED) is 0.706. The Balaban J connectivity index is 1.32. The fraction of sp³-hybridized carbons (Fsp3) is 0.348. The smallest absolute Gasteiger partial charge is 0.259 e. The number of nitrogens with zero attached hydrogens (tertiary/aromatic N) is 4. The van der Waals surface area contributed by atoms with Crippen molar-refractivity contribution in [3.05, 3.63) is 69.5 Å². The summed E-state index contributed by atoms with van der Waals surface area (Å²) in [5, 5.41) is 9.72. The SMILES string of the molecule is Cc1ccc(F)c2c(=O)[nH]c(CCCN3CCN(c4ccc(C#N)cn4)CC3)cc12. The molecular formula is C23H24FN5O. The third-order valence-corrected chi connectivity index (χ3v) is 5.73. The van der Waals surface area contributed by atoms with E-state index in [9.17, 15) is 9.18 Å². The Labute approximate surface area is 174 Å². The maximum atomic E-state index is 14.0. The number of fused-ring (bicyclic) bond motifs is 1. The van der Waals surface area contributed by atoms with Crippen molar-refractivity contribution >= 4 is 16.6 Å². The van der Waals surface area contributed by atoms with Crippen LogP contribution < -0.4 is 10.5 Å². The first-order valence-electron chi connectivity index (χ1n) is 10.2. The van der Waals surface area contributed by atoms with E-state index in [0.717, 1.165) is 62.6 Å². The highest BCUT2D eigenvalue weighted by atomic mass is 19.1. The number of aromatic amines is 1. The molecule has 1 N–H and O–H groups in total. The summed E-state index contributed by atoms with van der Waals surface area (Å²) in [6.45, 7) is 6.51. The Morgan fingerprint density at radius 3 is 2.70 bits per heavy atom.